The van der Waals surface area contributed by atoms with Crippen molar-refractivity contribution in [2.45, 2.75) is 245 Å². The topological polar surface area (TPSA) is 26.3 Å². The molecule has 0 bridgehead atoms. The van der Waals surface area contributed by atoms with Gasteiger partial charge in [-0.25, -0.2) is 0 Å². The van der Waals surface area contributed by atoms with Crippen LogP contribution in [0.25, 0.3) is 0 Å². The predicted octanol–water partition coefficient (Wildman–Crippen LogP) is 14.6. The molecule has 0 aliphatic carbocycles. The number of carbonyl (C=O) groups is 1. The molecule has 0 saturated heterocycles. The second-order valence-corrected chi connectivity index (χ2v) is 13.6. The first kappa shape index (κ1) is 41.5. The third-order valence-corrected chi connectivity index (χ3v) is 9.25. The SMILES string of the molecule is CCCCCCCCCCCCCCCCCCCCC(=O)OCCCCCCCCCCCCCCCCCCC. The van der Waals surface area contributed by atoms with Crippen LogP contribution < -0.4 is 0 Å². The smallest absolute Gasteiger partial charge is 0.305 e. The van der Waals surface area contributed by atoms with E-state index in [4.69, 9.17) is 4.74 Å². The summed E-state index contributed by atoms with van der Waals surface area (Å²) in [7, 11) is 0. The normalized spacial score (nSPS) is 11.4. The Kier molecular flexibility index (Phi) is 38.0. The molecule has 0 fully saturated rings. The van der Waals surface area contributed by atoms with Gasteiger partial charge in [-0.05, 0) is 12.8 Å². The summed E-state index contributed by atoms with van der Waals surface area (Å²) in [6.07, 6.45) is 49.0. The maximum absolute atomic E-state index is 12.0. The van der Waals surface area contributed by atoms with Crippen LogP contribution in [-0.4, -0.2) is 12.6 Å². The Morgan fingerprint density at radius 1 is 0.310 bits per heavy atom. The van der Waals surface area contributed by atoms with Crippen molar-refractivity contribution in [2.75, 3.05) is 6.61 Å². The third-order valence-electron chi connectivity index (χ3n) is 9.25. The fourth-order valence-electron chi connectivity index (χ4n) is 6.26. The summed E-state index contributed by atoms with van der Waals surface area (Å²) in [4.78, 5) is 12.0. The summed E-state index contributed by atoms with van der Waals surface area (Å²) in [6.45, 7) is 5.23. The van der Waals surface area contributed by atoms with Gasteiger partial charge < -0.3 is 4.74 Å². The van der Waals surface area contributed by atoms with Crippen LogP contribution >= 0.6 is 0 Å². The zero-order valence-electron chi connectivity index (χ0n) is 29.5. The first-order valence-corrected chi connectivity index (χ1v) is 20.0. The quantitative estimate of drug-likeness (QED) is 0.0529. The molecule has 0 aliphatic heterocycles. The van der Waals surface area contributed by atoms with Crippen molar-refractivity contribution < 1.29 is 9.53 Å². The molecule has 0 aliphatic rings. The number of hydrogen-bond acceptors (Lipinski definition) is 2. The lowest BCUT2D eigenvalue weighted by molar-refractivity contribution is -0.143. The number of unbranched alkanes of at least 4 members (excludes halogenated alkanes) is 33. The fourth-order valence-corrected chi connectivity index (χ4v) is 6.26. The molecule has 0 N–H and O–H groups in total. The molecule has 0 amide bonds. The molecule has 252 valence electrons. The van der Waals surface area contributed by atoms with Gasteiger partial charge in [-0.3, -0.25) is 4.79 Å². The summed E-state index contributed by atoms with van der Waals surface area (Å²) in [6, 6.07) is 0. The van der Waals surface area contributed by atoms with Crippen LogP contribution in [0, 0.1) is 0 Å². The van der Waals surface area contributed by atoms with Gasteiger partial charge in [-0.1, -0.05) is 226 Å². The monoisotopic (exact) mass is 593 g/mol. The largest absolute Gasteiger partial charge is 0.466 e. The number of esters is 1. The highest BCUT2D eigenvalue weighted by atomic mass is 16.5. The van der Waals surface area contributed by atoms with Gasteiger partial charge in [-0.2, -0.15) is 0 Å². The van der Waals surface area contributed by atoms with Crippen molar-refractivity contribution in [1.29, 1.82) is 0 Å². The second kappa shape index (κ2) is 38.5. The Hall–Kier alpha value is -0.530. The van der Waals surface area contributed by atoms with Gasteiger partial charge in [0.25, 0.3) is 0 Å². The van der Waals surface area contributed by atoms with E-state index in [0.717, 1.165) is 12.8 Å². The van der Waals surface area contributed by atoms with Crippen LogP contribution in [0.4, 0.5) is 0 Å². The highest BCUT2D eigenvalue weighted by Crippen LogP contribution is 2.16. The lowest BCUT2D eigenvalue weighted by Crippen LogP contribution is -2.05. The number of carbonyl (C=O) groups excluding carboxylic acids is 1. The number of hydrogen-bond donors (Lipinski definition) is 0. The second-order valence-electron chi connectivity index (χ2n) is 13.6. The highest BCUT2D eigenvalue weighted by Gasteiger charge is 2.03. The Bertz CT molecular complexity index is 446. The van der Waals surface area contributed by atoms with Crippen molar-refractivity contribution in [3.05, 3.63) is 0 Å². The average Bonchev–Trinajstić information content (AvgIpc) is 3.00. The van der Waals surface area contributed by atoms with Crippen molar-refractivity contribution in [3.63, 3.8) is 0 Å². The Morgan fingerprint density at radius 3 is 0.786 bits per heavy atom. The first-order chi connectivity index (χ1) is 20.8. The molecule has 42 heavy (non-hydrogen) atoms. The van der Waals surface area contributed by atoms with E-state index in [1.54, 1.807) is 0 Å². The zero-order chi connectivity index (χ0) is 30.4. The molecule has 0 spiro atoms. The molecule has 0 heterocycles. The molecule has 0 aromatic heterocycles. The summed E-state index contributed by atoms with van der Waals surface area (Å²) < 4.78 is 5.46. The lowest BCUT2D eigenvalue weighted by Gasteiger charge is -2.06. The maximum atomic E-state index is 12.0. The fraction of sp³-hybridized carbons (Fsp3) is 0.975. The Morgan fingerprint density at radius 2 is 0.524 bits per heavy atom. The average molecular weight is 593 g/mol. The molecule has 0 aromatic carbocycles. The predicted molar refractivity (Wildman–Crippen MR) is 189 cm³/mol. The summed E-state index contributed by atoms with van der Waals surface area (Å²) in [5.41, 5.74) is 0. The van der Waals surface area contributed by atoms with Crippen molar-refractivity contribution >= 4 is 5.97 Å². The van der Waals surface area contributed by atoms with E-state index in [2.05, 4.69) is 13.8 Å². The lowest BCUT2D eigenvalue weighted by atomic mass is 10.0. The molecule has 0 atom stereocenters. The summed E-state index contributed by atoms with van der Waals surface area (Å²) in [5, 5.41) is 0. The van der Waals surface area contributed by atoms with Crippen LogP contribution in [0.2, 0.25) is 0 Å². The van der Waals surface area contributed by atoms with Crippen LogP contribution in [0.5, 0.6) is 0 Å². The van der Waals surface area contributed by atoms with Gasteiger partial charge in [0.1, 0.15) is 0 Å². The molecule has 0 unspecified atom stereocenters. The van der Waals surface area contributed by atoms with Crippen LogP contribution in [0.15, 0.2) is 0 Å². The number of rotatable bonds is 37. The van der Waals surface area contributed by atoms with Crippen LogP contribution in [-0.2, 0) is 9.53 Å². The summed E-state index contributed by atoms with van der Waals surface area (Å²) in [5.74, 6) is 0.0305. The molecular formula is C40H80O2. The van der Waals surface area contributed by atoms with Crippen molar-refractivity contribution in [3.8, 4) is 0 Å². The van der Waals surface area contributed by atoms with E-state index in [1.807, 2.05) is 0 Å². The third kappa shape index (κ3) is 37.5. The summed E-state index contributed by atoms with van der Waals surface area (Å²) >= 11 is 0. The molecule has 2 heteroatoms. The first-order valence-electron chi connectivity index (χ1n) is 20.0. The van der Waals surface area contributed by atoms with Crippen molar-refractivity contribution in [1.82, 2.24) is 0 Å². The van der Waals surface area contributed by atoms with Crippen LogP contribution in [0.1, 0.15) is 245 Å². The standard InChI is InChI=1S/C40H80O2/c1-3-5-7-9-11-13-15-17-19-21-22-24-26-28-30-32-34-36-38-40(41)42-39-37-35-33-31-29-27-25-23-20-18-16-14-12-10-8-6-4-2/h3-39H2,1-2H3. The number of ether oxygens (including phenoxy) is 1. The van der Waals surface area contributed by atoms with Crippen LogP contribution in [0.3, 0.4) is 0 Å². The molecular weight excluding hydrogens is 512 g/mol. The van der Waals surface area contributed by atoms with Crippen molar-refractivity contribution in [2.24, 2.45) is 0 Å². The van der Waals surface area contributed by atoms with E-state index in [-0.39, 0.29) is 5.97 Å². The minimum atomic E-state index is 0.0305. The maximum Gasteiger partial charge on any atom is 0.305 e. The van der Waals surface area contributed by atoms with Gasteiger partial charge in [0.05, 0.1) is 6.61 Å². The van der Waals surface area contributed by atoms with E-state index in [0.29, 0.717) is 13.0 Å². The Labute approximate surface area is 266 Å². The van der Waals surface area contributed by atoms with Gasteiger partial charge in [-0.15, -0.1) is 0 Å². The minimum absolute atomic E-state index is 0.0305. The zero-order valence-corrected chi connectivity index (χ0v) is 29.5. The van der Waals surface area contributed by atoms with E-state index in [1.165, 1.54) is 212 Å². The highest BCUT2D eigenvalue weighted by molar-refractivity contribution is 5.69. The van der Waals surface area contributed by atoms with Gasteiger partial charge in [0.15, 0.2) is 0 Å². The molecule has 0 aromatic rings. The van der Waals surface area contributed by atoms with E-state index < -0.39 is 0 Å². The van der Waals surface area contributed by atoms with Gasteiger partial charge in [0.2, 0.25) is 0 Å². The minimum Gasteiger partial charge on any atom is -0.466 e. The van der Waals surface area contributed by atoms with Gasteiger partial charge >= 0.3 is 5.97 Å². The van der Waals surface area contributed by atoms with E-state index >= 15 is 0 Å². The van der Waals surface area contributed by atoms with Gasteiger partial charge in [0, 0.05) is 6.42 Å². The molecule has 2 nitrogen and oxygen atoms in total. The molecule has 0 saturated carbocycles. The van der Waals surface area contributed by atoms with E-state index in [9.17, 15) is 4.79 Å². The molecule has 0 radical (unpaired) electrons. The Balaban J connectivity index is 3.14. The molecule has 0 rings (SSSR count).